The van der Waals surface area contributed by atoms with Gasteiger partial charge in [0.1, 0.15) is 22.7 Å². The Morgan fingerprint density at radius 1 is 1.44 bits per heavy atom. The number of hydrogen-bond donors (Lipinski definition) is 1. The number of imidazole rings is 1. The first kappa shape index (κ1) is 11.1. The number of thioether (sulfide) groups is 1. The van der Waals surface area contributed by atoms with Crippen molar-refractivity contribution >= 4 is 28.7 Å². The molecule has 0 spiro atoms. The molecule has 2 aromatic heterocycles. The summed E-state index contributed by atoms with van der Waals surface area (Å²) in [6.45, 7) is 1.61. The van der Waals surface area contributed by atoms with Crippen LogP contribution in [-0.4, -0.2) is 31.5 Å². The molecule has 1 N–H and O–H groups in total. The molecular formula is C10H12N4OS. The van der Waals surface area contributed by atoms with Crippen LogP contribution in [0.2, 0.25) is 0 Å². The lowest BCUT2D eigenvalue weighted by molar-refractivity contribution is -0.117. The molecule has 2 rings (SSSR count). The zero-order valence-corrected chi connectivity index (χ0v) is 9.75. The average molecular weight is 236 g/mol. The normalized spacial score (nSPS) is 10.8. The van der Waals surface area contributed by atoms with Gasteiger partial charge >= 0.3 is 0 Å². The van der Waals surface area contributed by atoms with E-state index in [1.807, 2.05) is 0 Å². The van der Waals surface area contributed by atoms with E-state index < -0.39 is 0 Å². The van der Waals surface area contributed by atoms with Crippen molar-refractivity contribution in [3.05, 3.63) is 12.7 Å². The Balaban J connectivity index is 1.98. The topological polar surface area (TPSA) is 71.5 Å². The van der Waals surface area contributed by atoms with Crippen molar-refractivity contribution in [2.45, 2.75) is 24.8 Å². The molecule has 0 unspecified atom stereocenters. The zero-order valence-electron chi connectivity index (χ0n) is 8.93. The van der Waals surface area contributed by atoms with Crippen molar-refractivity contribution in [1.29, 1.82) is 0 Å². The maximum absolute atomic E-state index is 10.8. The van der Waals surface area contributed by atoms with E-state index >= 15 is 0 Å². The Morgan fingerprint density at radius 3 is 3.12 bits per heavy atom. The fraction of sp³-hybridized carbons (Fsp3) is 0.400. The lowest BCUT2D eigenvalue weighted by Gasteiger charge is -2.00. The molecule has 0 aromatic carbocycles. The van der Waals surface area contributed by atoms with E-state index in [1.165, 1.54) is 6.33 Å². The van der Waals surface area contributed by atoms with Gasteiger partial charge in [0.05, 0.1) is 6.33 Å². The minimum atomic E-state index is 0.231. The molecule has 0 aliphatic rings. The van der Waals surface area contributed by atoms with Crippen LogP contribution in [-0.2, 0) is 4.79 Å². The third-order valence-electron chi connectivity index (χ3n) is 2.10. The summed E-state index contributed by atoms with van der Waals surface area (Å²) < 4.78 is 0. The van der Waals surface area contributed by atoms with E-state index in [9.17, 15) is 4.79 Å². The molecule has 84 valence electrons. The number of nitrogens with one attached hydrogen (secondary N) is 1. The third kappa shape index (κ3) is 2.57. The molecule has 0 atom stereocenters. The number of Topliss-reactive ketones (excluding diaryl/α,β-unsaturated/α-hetero) is 1. The predicted molar refractivity (Wildman–Crippen MR) is 62.3 cm³/mol. The third-order valence-corrected chi connectivity index (χ3v) is 3.18. The van der Waals surface area contributed by atoms with Crippen LogP contribution in [0.15, 0.2) is 17.7 Å². The van der Waals surface area contributed by atoms with Gasteiger partial charge in [-0.25, -0.2) is 15.0 Å². The Labute approximate surface area is 97.1 Å². The van der Waals surface area contributed by atoms with Gasteiger partial charge in [-0.05, 0) is 19.1 Å². The predicted octanol–water partition coefficient (Wildman–Crippen LogP) is 1.81. The second-order valence-corrected chi connectivity index (χ2v) is 4.52. The Kier molecular flexibility index (Phi) is 3.51. The van der Waals surface area contributed by atoms with Crippen LogP contribution in [0.1, 0.15) is 19.8 Å². The highest BCUT2D eigenvalue weighted by atomic mass is 32.2. The second-order valence-electron chi connectivity index (χ2n) is 3.43. The van der Waals surface area contributed by atoms with Gasteiger partial charge in [0.25, 0.3) is 0 Å². The molecule has 6 heteroatoms. The van der Waals surface area contributed by atoms with Crippen molar-refractivity contribution in [2.24, 2.45) is 0 Å². The number of hydrogen-bond acceptors (Lipinski definition) is 5. The first-order chi connectivity index (χ1) is 7.77. The highest BCUT2D eigenvalue weighted by Gasteiger charge is 2.05. The minimum Gasteiger partial charge on any atom is -0.341 e. The van der Waals surface area contributed by atoms with Crippen LogP contribution in [0, 0.1) is 0 Å². The first-order valence-electron chi connectivity index (χ1n) is 5.03. The molecule has 0 saturated heterocycles. The Hall–Kier alpha value is -1.43. The lowest BCUT2D eigenvalue weighted by atomic mass is 10.3. The van der Waals surface area contributed by atoms with Gasteiger partial charge in [0.15, 0.2) is 5.65 Å². The summed E-state index contributed by atoms with van der Waals surface area (Å²) in [6.07, 6.45) is 4.62. The summed E-state index contributed by atoms with van der Waals surface area (Å²) in [5.74, 6) is 1.11. The molecular weight excluding hydrogens is 224 g/mol. The van der Waals surface area contributed by atoms with Crippen molar-refractivity contribution in [2.75, 3.05) is 5.75 Å². The maximum Gasteiger partial charge on any atom is 0.181 e. The van der Waals surface area contributed by atoms with E-state index in [-0.39, 0.29) is 5.78 Å². The fourth-order valence-corrected chi connectivity index (χ4v) is 2.24. The van der Waals surface area contributed by atoms with Gasteiger partial charge in [-0.1, -0.05) is 0 Å². The second kappa shape index (κ2) is 5.07. The number of carbonyl (C=O) groups excluding carboxylic acids is 1. The van der Waals surface area contributed by atoms with Gasteiger partial charge in [-0.15, -0.1) is 11.8 Å². The summed E-state index contributed by atoms with van der Waals surface area (Å²) in [5, 5.41) is 0.894. The molecule has 16 heavy (non-hydrogen) atoms. The highest BCUT2D eigenvalue weighted by Crippen LogP contribution is 2.22. The molecule has 5 nitrogen and oxygen atoms in total. The number of fused-ring (bicyclic) bond motifs is 1. The number of aromatic amines is 1. The molecule has 0 amide bonds. The SMILES string of the molecule is CC(=O)CCCSc1ncnc2nc[nH]c12. The highest BCUT2D eigenvalue weighted by molar-refractivity contribution is 7.99. The first-order valence-corrected chi connectivity index (χ1v) is 6.02. The quantitative estimate of drug-likeness (QED) is 0.487. The van der Waals surface area contributed by atoms with E-state index in [2.05, 4.69) is 19.9 Å². The van der Waals surface area contributed by atoms with E-state index in [0.717, 1.165) is 22.7 Å². The molecule has 2 aromatic rings. The lowest BCUT2D eigenvalue weighted by Crippen LogP contribution is -1.92. The molecule has 2 heterocycles. The van der Waals surface area contributed by atoms with Crippen LogP contribution >= 0.6 is 11.8 Å². The number of nitrogens with zero attached hydrogens (tertiary/aromatic N) is 3. The van der Waals surface area contributed by atoms with Gasteiger partial charge in [0, 0.05) is 6.42 Å². The summed E-state index contributed by atoms with van der Waals surface area (Å²) in [7, 11) is 0. The van der Waals surface area contributed by atoms with Crippen molar-refractivity contribution < 1.29 is 4.79 Å². The van der Waals surface area contributed by atoms with Crippen molar-refractivity contribution in [3.8, 4) is 0 Å². The Bertz CT molecular complexity index is 496. The van der Waals surface area contributed by atoms with Crippen LogP contribution < -0.4 is 0 Å². The van der Waals surface area contributed by atoms with Crippen molar-refractivity contribution in [1.82, 2.24) is 19.9 Å². The van der Waals surface area contributed by atoms with Crippen LogP contribution in [0.5, 0.6) is 0 Å². The van der Waals surface area contributed by atoms with Gasteiger partial charge in [-0.2, -0.15) is 0 Å². The fourth-order valence-electron chi connectivity index (χ4n) is 1.34. The molecule has 0 aliphatic carbocycles. The molecule has 0 aliphatic heterocycles. The number of aromatic nitrogens is 4. The number of rotatable bonds is 5. The molecule has 0 saturated carbocycles. The van der Waals surface area contributed by atoms with Crippen LogP contribution in [0.3, 0.4) is 0 Å². The summed E-state index contributed by atoms with van der Waals surface area (Å²) in [6, 6.07) is 0. The zero-order chi connectivity index (χ0) is 11.4. The number of ketones is 1. The van der Waals surface area contributed by atoms with Gasteiger partial charge < -0.3 is 9.78 Å². The monoisotopic (exact) mass is 236 g/mol. The summed E-state index contributed by atoms with van der Waals surface area (Å²) in [5.41, 5.74) is 1.55. The molecule has 0 bridgehead atoms. The average Bonchev–Trinajstić information content (AvgIpc) is 2.72. The smallest absolute Gasteiger partial charge is 0.181 e. The molecule has 0 radical (unpaired) electrons. The number of carbonyl (C=O) groups is 1. The summed E-state index contributed by atoms with van der Waals surface area (Å²) in [4.78, 5) is 26.1. The van der Waals surface area contributed by atoms with Crippen LogP contribution in [0.25, 0.3) is 11.2 Å². The van der Waals surface area contributed by atoms with E-state index in [4.69, 9.17) is 0 Å². The van der Waals surface area contributed by atoms with E-state index in [0.29, 0.717) is 12.1 Å². The summed E-state index contributed by atoms with van der Waals surface area (Å²) >= 11 is 1.62. The minimum absolute atomic E-state index is 0.231. The van der Waals surface area contributed by atoms with Crippen LogP contribution in [0.4, 0.5) is 0 Å². The maximum atomic E-state index is 10.8. The van der Waals surface area contributed by atoms with Crippen molar-refractivity contribution in [3.63, 3.8) is 0 Å². The number of H-pyrrole nitrogens is 1. The molecule has 0 fully saturated rings. The largest absolute Gasteiger partial charge is 0.341 e. The Morgan fingerprint density at radius 2 is 2.31 bits per heavy atom. The van der Waals surface area contributed by atoms with Gasteiger partial charge in [-0.3, -0.25) is 0 Å². The standard InChI is InChI=1S/C10H12N4OS/c1-7(15)3-2-4-16-10-8-9(12-5-11-8)13-6-14-10/h5-6H,2-4H2,1H3,(H,11,12,13,14). The van der Waals surface area contributed by atoms with E-state index in [1.54, 1.807) is 25.0 Å². The van der Waals surface area contributed by atoms with Gasteiger partial charge in [0.2, 0.25) is 0 Å².